The zero-order valence-corrected chi connectivity index (χ0v) is 13.3. The third-order valence-corrected chi connectivity index (χ3v) is 4.73. The van der Waals surface area contributed by atoms with Crippen molar-refractivity contribution >= 4 is 23.4 Å². The molecule has 4 nitrogen and oxygen atoms in total. The molecule has 1 atom stereocenters. The number of rotatable bonds is 5. The number of halogens is 1. The molecule has 0 radical (unpaired) electrons. The summed E-state index contributed by atoms with van der Waals surface area (Å²) < 4.78 is 0. The second kappa shape index (κ2) is 6.69. The van der Waals surface area contributed by atoms with E-state index in [2.05, 4.69) is 5.32 Å². The van der Waals surface area contributed by atoms with Gasteiger partial charge in [-0.05, 0) is 43.7 Å². The first-order valence-electron chi connectivity index (χ1n) is 7.98. The highest BCUT2D eigenvalue weighted by molar-refractivity contribution is 6.31. The number of nitrogens with one attached hydrogen (secondary N) is 1. The molecule has 2 fully saturated rings. The van der Waals surface area contributed by atoms with E-state index in [-0.39, 0.29) is 17.9 Å². The molecular weight excluding hydrogens is 300 g/mol. The Hall–Kier alpha value is -1.55. The zero-order chi connectivity index (χ0) is 15.5. The number of hydrogen-bond acceptors (Lipinski definition) is 2. The van der Waals surface area contributed by atoms with Gasteiger partial charge in [-0.15, -0.1) is 0 Å². The van der Waals surface area contributed by atoms with Crippen LogP contribution in [0.4, 0.5) is 0 Å². The summed E-state index contributed by atoms with van der Waals surface area (Å²) in [5.41, 5.74) is 0.982. The van der Waals surface area contributed by atoms with Crippen LogP contribution in [0.3, 0.4) is 0 Å². The number of aryl methyl sites for hydroxylation is 1. The summed E-state index contributed by atoms with van der Waals surface area (Å²) in [6, 6.07) is 7.65. The van der Waals surface area contributed by atoms with Crippen LogP contribution < -0.4 is 5.32 Å². The molecule has 1 saturated carbocycles. The van der Waals surface area contributed by atoms with E-state index in [9.17, 15) is 9.59 Å². The van der Waals surface area contributed by atoms with E-state index in [0.717, 1.165) is 31.2 Å². The van der Waals surface area contributed by atoms with Crippen LogP contribution in [0.2, 0.25) is 5.02 Å². The fraction of sp³-hybridized carbons (Fsp3) is 0.529. The maximum Gasteiger partial charge on any atom is 0.243 e. The van der Waals surface area contributed by atoms with Gasteiger partial charge in [0, 0.05) is 24.0 Å². The minimum Gasteiger partial charge on any atom is -0.352 e. The Balaban J connectivity index is 1.56. The third kappa shape index (κ3) is 3.61. The van der Waals surface area contributed by atoms with Crippen LogP contribution in [-0.4, -0.2) is 35.3 Å². The summed E-state index contributed by atoms with van der Waals surface area (Å²) in [6.45, 7) is 0.685. The van der Waals surface area contributed by atoms with Crippen LogP contribution >= 0.6 is 11.6 Å². The zero-order valence-electron chi connectivity index (χ0n) is 12.6. The molecule has 1 aromatic rings. The smallest absolute Gasteiger partial charge is 0.243 e. The topological polar surface area (TPSA) is 49.4 Å². The lowest BCUT2D eigenvalue weighted by molar-refractivity contribution is -0.138. The van der Waals surface area contributed by atoms with Crippen LogP contribution in [0.25, 0.3) is 0 Å². The van der Waals surface area contributed by atoms with E-state index < -0.39 is 0 Å². The van der Waals surface area contributed by atoms with Crippen molar-refractivity contribution in [2.45, 2.75) is 50.6 Å². The molecule has 3 rings (SSSR count). The lowest BCUT2D eigenvalue weighted by Gasteiger charge is -2.24. The molecule has 1 aliphatic carbocycles. The van der Waals surface area contributed by atoms with Gasteiger partial charge in [0.1, 0.15) is 6.04 Å². The molecule has 0 spiro atoms. The minimum absolute atomic E-state index is 0.0195. The standard InChI is InChI=1S/C17H21ClN2O2/c18-14-5-2-1-4-12(14)7-10-16(21)20-11-3-6-15(20)17(22)19-13-8-9-13/h1-2,4-5,13,15H,3,6-11H2,(H,19,22)/t15-/m0/s1. The van der Waals surface area contributed by atoms with Crippen molar-refractivity contribution in [3.63, 3.8) is 0 Å². The van der Waals surface area contributed by atoms with E-state index in [4.69, 9.17) is 11.6 Å². The van der Waals surface area contributed by atoms with Gasteiger partial charge in [-0.1, -0.05) is 29.8 Å². The van der Waals surface area contributed by atoms with E-state index >= 15 is 0 Å². The molecule has 1 N–H and O–H groups in total. The highest BCUT2D eigenvalue weighted by atomic mass is 35.5. The van der Waals surface area contributed by atoms with Gasteiger partial charge in [0.2, 0.25) is 11.8 Å². The largest absolute Gasteiger partial charge is 0.352 e. The molecule has 1 aliphatic heterocycles. The predicted molar refractivity (Wildman–Crippen MR) is 85.7 cm³/mol. The van der Waals surface area contributed by atoms with Crippen LogP contribution in [0.5, 0.6) is 0 Å². The molecule has 2 aliphatic rings. The van der Waals surface area contributed by atoms with Crippen LogP contribution in [0.1, 0.15) is 37.7 Å². The number of nitrogens with zero attached hydrogens (tertiary/aromatic N) is 1. The molecule has 1 aromatic carbocycles. The van der Waals surface area contributed by atoms with E-state index in [1.807, 2.05) is 24.3 Å². The Labute approximate surface area is 135 Å². The average Bonchev–Trinajstić information content (AvgIpc) is 3.18. The van der Waals surface area contributed by atoms with Crippen molar-refractivity contribution in [1.82, 2.24) is 10.2 Å². The molecule has 0 bridgehead atoms. The lowest BCUT2D eigenvalue weighted by Crippen LogP contribution is -2.46. The third-order valence-electron chi connectivity index (χ3n) is 4.37. The first kappa shape index (κ1) is 15.3. The molecule has 22 heavy (non-hydrogen) atoms. The summed E-state index contributed by atoms with van der Waals surface area (Å²) in [6.07, 6.45) is 4.83. The fourth-order valence-corrected chi connectivity index (χ4v) is 3.18. The molecule has 1 saturated heterocycles. The molecule has 5 heteroatoms. The van der Waals surface area contributed by atoms with Crippen molar-refractivity contribution in [1.29, 1.82) is 0 Å². The van der Waals surface area contributed by atoms with Crippen molar-refractivity contribution in [2.24, 2.45) is 0 Å². The Kier molecular flexibility index (Phi) is 4.67. The van der Waals surface area contributed by atoms with Gasteiger partial charge in [0.15, 0.2) is 0 Å². The normalized spacial score (nSPS) is 21.0. The van der Waals surface area contributed by atoms with Gasteiger partial charge >= 0.3 is 0 Å². The Morgan fingerprint density at radius 3 is 2.73 bits per heavy atom. The molecule has 0 aromatic heterocycles. The summed E-state index contributed by atoms with van der Waals surface area (Å²) in [5, 5.41) is 3.70. The number of likely N-dealkylation sites (tertiary alicyclic amines) is 1. The number of carbonyl (C=O) groups is 2. The molecule has 118 valence electrons. The number of carbonyl (C=O) groups excluding carboxylic acids is 2. The minimum atomic E-state index is -0.278. The predicted octanol–water partition coefficient (Wildman–Crippen LogP) is 2.54. The van der Waals surface area contributed by atoms with Gasteiger partial charge in [0.05, 0.1) is 0 Å². The molecule has 0 unspecified atom stereocenters. The number of amides is 2. The maximum atomic E-state index is 12.4. The Bertz CT molecular complexity index is 572. The SMILES string of the molecule is O=C(NC1CC1)[C@@H]1CCCN1C(=O)CCc1ccccc1Cl. The second-order valence-electron chi connectivity index (χ2n) is 6.12. The van der Waals surface area contributed by atoms with E-state index in [0.29, 0.717) is 30.5 Å². The van der Waals surface area contributed by atoms with E-state index in [1.165, 1.54) is 0 Å². The quantitative estimate of drug-likeness (QED) is 0.906. The molecule has 1 heterocycles. The first-order chi connectivity index (χ1) is 10.6. The summed E-state index contributed by atoms with van der Waals surface area (Å²) >= 11 is 6.12. The molecule has 2 amide bonds. The van der Waals surface area contributed by atoms with Gasteiger partial charge in [-0.2, -0.15) is 0 Å². The highest BCUT2D eigenvalue weighted by Gasteiger charge is 2.36. The van der Waals surface area contributed by atoms with Crippen molar-refractivity contribution in [2.75, 3.05) is 6.54 Å². The lowest BCUT2D eigenvalue weighted by atomic mass is 10.1. The summed E-state index contributed by atoms with van der Waals surface area (Å²) in [5.74, 6) is 0.0689. The van der Waals surface area contributed by atoms with Gasteiger partial charge in [0.25, 0.3) is 0 Å². The summed E-state index contributed by atoms with van der Waals surface area (Å²) in [7, 11) is 0. The van der Waals surface area contributed by atoms with Gasteiger partial charge < -0.3 is 10.2 Å². The second-order valence-corrected chi connectivity index (χ2v) is 6.53. The van der Waals surface area contributed by atoms with Crippen LogP contribution in [0, 0.1) is 0 Å². The number of benzene rings is 1. The number of hydrogen-bond donors (Lipinski definition) is 1. The van der Waals surface area contributed by atoms with Gasteiger partial charge in [-0.25, -0.2) is 0 Å². The van der Waals surface area contributed by atoms with Crippen molar-refractivity contribution in [3.05, 3.63) is 34.9 Å². The Morgan fingerprint density at radius 1 is 1.23 bits per heavy atom. The highest BCUT2D eigenvalue weighted by Crippen LogP contribution is 2.24. The van der Waals surface area contributed by atoms with Crippen molar-refractivity contribution < 1.29 is 9.59 Å². The van der Waals surface area contributed by atoms with Gasteiger partial charge in [-0.3, -0.25) is 9.59 Å². The fourth-order valence-electron chi connectivity index (χ4n) is 2.95. The monoisotopic (exact) mass is 320 g/mol. The van der Waals surface area contributed by atoms with Crippen LogP contribution in [-0.2, 0) is 16.0 Å². The Morgan fingerprint density at radius 2 is 2.00 bits per heavy atom. The van der Waals surface area contributed by atoms with Crippen LogP contribution in [0.15, 0.2) is 24.3 Å². The molecular formula is C17H21ClN2O2. The maximum absolute atomic E-state index is 12.4. The average molecular weight is 321 g/mol. The van der Waals surface area contributed by atoms with Crippen molar-refractivity contribution in [3.8, 4) is 0 Å². The summed E-state index contributed by atoms with van der Waals surface area (Å²) in [4.78, 5) is 26.4. The first-order valence-corrected chi connectivity index (χ1v) is 8.36. The van der Waals surface area contributed by atoms with E-state index in [1.54, 1.807) is 4.90 Å².